The maximum atomic E-state index is 12.7. The first kappa shape index (κ1) is 14.6. The Labute approximate surface area is 131 Å². The number of rotatable bonds is 3. The van der Waals surface area contributed by atoms with E-state index in [1.54, 1.807) is 7.11 Å². The number of para-hydroxylation sites is 1. The van der Waals surface area contributed by atoms with Crippen LogP contribution in [0.5, 0.6) is 5.75 Å². The third-order valence-corrected chi connectivity index (χ3v) is 4.45. The molecule has 0 radical (unpaired) electrons. The summed E-state index contributed by atoms with van der Waals surface area (Å²) in [5.41, 5.74) is 3.57. The molecule has 2 aromatic rings. The van der Waals surface area contributed by atoms with Gasteiger partial charge in [-0.2, -0.15) is 0 Å². The number of ether oxygens (including phenoxy) is 1. The molecule has 0 spiro atoms. The van der Waals surface area contributed by atoms with Crippen molar-refractivity contribution < 1.29 is 9.53 Å². The second-order valence-corrected chi connectivity index (χ2v) is 5.70. The predicted octanol–water partition coefficient (Wildman–Crippen LogP) is 3.38. The van der Waals surface area contributed by atoms with Gasteiger partial charge in [0.25, 0.3) is 0 Å². The van der Waals surface area contributed by atoms with Gasteiger partial charge in [0.15, 0.2) is 0 Å². The van der Waals surface area contributed by atoms with Crippen LogP contribution in [-0.2, 0) is 17.6 Å². The molecular weight excluding hydrogens is 274 g/mol. The molecule has 0 aromatic heterocycles. The van der Waals surface area contributed by atoms with Crippen LogP contribution in [0.3, 0.4) is 0 Å². The lowest BCUT2D eigenvalue weighted by molar-refractivity contribution is -0.133. The first-order valence-corrected chi connectivity index (χ1v) is 7.70. The highest BCUT2D eigenvalue weighted by molar-refractivity contribution is 5.80. The molecule has 1 aliphatic rings. The number of nitrogens with zero attached hydrogens (tertiary/aromatic N) is 1. The number of fused-ring (bicyclic) bond motifs is 1. The Morgan fingerprint density at radius 1 is 1.18 bits per heavy atom. The first-order chi connectivity index (χ1) is 10.7. The summed E-state index contributed by atoms with van der Waals surface area (Å²) >= 11 is 0. The number of hydrogen-bond acceptors (Lipinski definition) is 2. The van der Waals surface area contributed by atoms with E-state index in [1.807, 2.05) is 35.2 Å². The van der Waals surface area contributed by atoms with Crippen LogP contribution in [0.25, 0.3) is 0 Å². The van der Waals surface area contributed by atoms with Gasteiger partial charge in [-0.05, 0) is 30.5 Å². The summed E-state index contributed by atoms with van der Waals surface area (Å²) < 4.78 is 5.35. The number of benzene rings is 2. The fourth-order valence-corrected chi connectivity index (χ4v) is 3.23. The summed E-state index contributed by atoms with van der Waals surface area (Å²) in [6.45, 7) is 2.89. The summed E-state index contributed by atoms with van der Waals surface area (Å²) in [6.07, 6.45) is 1.31. The average Bonchev–Trinajstić information content (AvgIpc) is 2.56. The van der Waals surface area contributed by atoms with Crippen LogP contribution in [0.2, 0.25) is 0 Å². The Kier molecular flexibility index (Phi) is 4.14. The highest BCUT2D eigenvalue weighted by Crippen LogP contribution is 2.30. The van der Waals surface area contributed by atoms with Crippen LogP contribution in [0, 0.1) is 0 Å². The van der Waals surface area contributed by atoms with Crippen molar-refractivity contribution in [3.8, 4) is 5.75 Å². The van der Waals surface area contributed by atoms with Crippen LogP contribution >= 0.6 is 0 Å². The summed E-state index contributed by atoms with van der Waals surface area (Å²) in [4.78, 5) is 14.7. The molecule has 1 atom stereocenters. The topological polar surface area (TPSA) is 29.5 Å². The number of amides is 1. The Hall–Kier alpha value is -2.29. The first-order valence-electron chi connectivity index (χ1n) is 7.70. The number of carbonyl (C=O) groups is 1. The predicted molar refractivity (Wildman–Crippen MR) is 87.0 cm³/mol. The molecule has 3 heteroatoms. The van der Waals surface area contributed by atoms with E-state index in [-0.39, 0.29) is 11.9 Å². The van der Waals surface area contributed by atoms with Crippen molar-refractivity contribution in [2.45, 2.75) is 25.8 Å². The monoisotopic (exact) mass is 295 g/mol. The van der Waals surface area contributed by atoms with Gasteiger partial charge in [0.2, 0.25) is 5.91 Å². The quantitative estimate of drug-likeness (QED) is 0.868. The molecule has 2 aromatic carbocycles. The number of hydrogen-bond donors (Lipinski definition) is 0. The van der Waals surface area contributed by atoms with E-state index in [0.717, 1.165) is 24.3 Å². The van der Waals surface area contributed by atoms with E-state index in [9.17, 15) is 4.79 Å². The van der Waals surface area contributed by atoms with E-state index < -0.39 is 0 Å². The second-order valence-electron chi connectivity index (χ2n) is 5.70. The van der Waals surface area contributed by atoms with Gasteiger partial charge in [0.1, 0.15) is 5.75 Å². The molecule has 1 amide bonds. The van der Waals surface area contributed by atoms with Gasteiger partial charge >= 0.3 is 0 Å². The SMILES string of the molecule is COc1ccccc1CC(=O)N1CCc2ccccc2C1C. The van der Waals surface area contributed by atoms with Gasteiger partial charge in [-0.3, -0.25) is 4.79 Å². The lowest BCUT2D eigenvalue weighted by Gasteiger charge is -2.35. The van der Waals surface area contributed by atoms with Crippen LogP contribution in [0.15, 0.2) is 48.5 Å². The van der Waals surface area contributed by atoms with Crippen molar-refractivity contribution in [3.63, 3.8) is 0 Å². The van der Waals surface area contributed by atoms with Gasteiger partial charge in [-0.25, -0.2) is 0 Å². The number of methoxy groups -OCH3 is 1. The van der Waals surface area contributed by atoms with Crippen molar-refractivity contribution in [1.82, 2.24) is 4.90 Å². The van der Waals surface area contributed by atoms with Crippen molar-refractivity contribution in [2.75, 3.05) is 13.7 Å². The minimum Gasteiger partial charge on any atom is -0.496 e. The van der Waals surface area contributed by atoms with Crippen LogP contribution in [0.1, 0.15) is 29.7 Å². The van der Waals surface area contributed by atoms with E-state index in [2.05, 4.69) is 25.1 Å². The zero-order chi connectivity index (χ0) is 15.5. The lowest BCUT2D eigenvalue weighted by atomic mass is 9.93. The Bertz CT molecular complexity index is 681. The van der Waals surface area contributed by atoms with Crippen LogP contribution < -0.4 is 4.74 Å². The fourth-order valence-electron chi connectivity index (χ4n) is 3.23. The van der Waals surface area contributed by atoms with Crippen molar-refractivity contribution >= 4 is 5.91 Å². The number of carbonyl (C=O) groups excluding carboxylic acids is 1. The molecule has 0 saturated carbocycles. The van der Waals surface area contributed by atoms with E-state index >= 15 is 0 Å². The molecule has 114 valence electrons. The molecule has 0 saturated heterocycles. The fraction of sp³-hybridized carbons (Fsp3) is 0.316. The summed E-state index contributed by atoms with van der Waals surface area (Å²) in [6, 6.07) is 16.3. The summed E-state index contributed by atoms with van der Waals surface area (Å²) in [5.74, 6) is 0.937. The molecule has 3 nitrogen and oxygen atoms in total. The second kappa shape index (κ2) is 6.22. The third kappa shape index (κ3) is 2.71. The zero-order valence-corrected chi connectivity index (χ0v) is 13.1. The molecule has 0 fully saturated rings. The standard InChI is InChI=1S/C19H21NO2/c1-14-17-9-5-3-7-15(17)11-12-20(14)19(21)13-16-8-4-6-10-18(16)22-2/h3-10,14H,11-13H2,1-2H3. The minimum absolute atomic E-state index is 0.132. The zero-order valence-electron chi connectivity index (χ0n) is 13.1. The maximum Gasteiger partial charge on any atom is 0.227 e. The Morgan fingerprint density at radius 3 is 2.73 bits per heavy atom. The summed E-state index contributed by atoms with van der Waals surface area (Å²) in [7, 11) is 1.64. The highest BCUT2D eigenvalue weighted by atomic mass is 16.5. The largest absolute Gasteiger partial charge is 0.496 e. The Balaban J connectivity index is 1.79. The van der Waals surface area contributed by atoms with Gasteiger partial charge in [0, 0.05) is 12.1 Å². The van der Waals surface area contributed by atoms with E-state index in [4.69, 9.17) is 4.74 Å². The van der Waals surface area contributed by atoms with Crippen LogP contribution in [-0.4, -0.2) is 24.5 Å². The summed E-state index contributed by atoms with van der Waals surface area (Å²) in [5, 5.41) is 0. The molecule has 0 N–H and O–H groups in total. The molecule has 3 rings (SSSR count). The van der Waals surface area contributed by atoms with Crippen LogP contribution in [0.4, 0.5) is 0 Å². The maximum absolute atomic E-state index is 12.7. The minimum atomic E-state index is 0.132. The normalized spacial score (nSPS) is 17.0. The molecule has 1 unspecified atom stereocenters. The third-order valence-electron chi connectivity index (χ3n) is 4.45. The van der Waals surface area contributed by atoms with Gasteiger partial charge in [-0.1, -0.05) is 42.5 Å². The Morgan fingerprint density at radius 2 is 1.91 bits per heavy atom. The molecular formula is C19H21NO2. The smallest absolute Gasteiger partial charge is 0.227 e. The lowest BCUT2D eigenvalue weighted by Crippen LogP contribution is -2.39. The van der Waals surface area contributed by atoms with Gasteiger partial charge < -0.3 is 9.64 Å². The molecule has 0 bridgehead atoms. The highest BCUT2D eigenvalue weighted by Gasteiger charge is 2.27. The van der Waals surface area contributed by atoms with Gasteiger partial charge in [0.05, 0.1) is 19.6 Å². The van der Waals surface area contributed by atoms with E-state index in [0.29, 0.717) is 6.42 Å². The average molecular weight is 295 g/mol. The molecule has 1 heterocycles. The van der Waals surface area contributed by atoms with Crippen molar-refractivity contribution in [1.29, 1.82) is 0 Å². The van der Waals surface area contributed by atoms with Crippen molar-refractivity contribution in [3.05, 3.63) is 65.2 Å². The molecule has 0 aliphatic carbocycles. The van der Waals surface area contributed by atoms with E-state index in [1.165, 1.54) is 11.1 Å². The molecule has 22 heavy (non-hydrogen) atoms. The molecule has 1 aliphatic heterocycles. The van der Waals surface area contributed by atoms with Crippen molar-refractivity contribution in [2.24, 2.45) is 0 Å². The van der Waals surface area contributed by atoms with Gasteiger partial charge in [-0.15, -0.1) is 0 Å².